The minimum Gasteiger partial charge on any atom is -0.495 e. The second kappa shape index (κ2) is 12.7. The molecule has 0 heterocycles. The summed E-state index contributed by atoms with van der Waals surface area (Å²) in [7, 11) is -2.84. The maximum Gasteiger partial charge on any atom is 0.264 e. The van der Waals surface area contributed by atoms with Crippen LogP contribution in [0.3, 0.4) is 0 Å². The number of hydrogen-bond donors (Lipinski definition) is 1. The lowest BCUT2D eigenvalue weighted by Gasteiger charge is -2.33. The maximum atomic E-state index is 14.6. The van der Waals surface area contributed by atoms with Crippen LogP contribution in [0.4, 0.5) is 10.1 Å². The molecule has 1 atom stereocenters. The van der Waals surface area contributed by atoms with E-state index in [1.165, 1.54) is 62.6 Å². The van der Waals surface area contributed by atoms with Crippen molar-refractivity contribution < 1.29 is 27.1 Å². The maximum absolute atomic E-state index is 14.6. The van der Waals surface area contributed by atoms with Crippen LogP contribution in [0.5, 0.6) is 5.75 Å². The van der Waals surface area contributed by atoms with E-state index in [1.807, 2.05) is 0 Å². The van der Waals surface area contributed by atoms with Crippen molar-refractivity contribution in [3.05, 3.63) is 89.2 Å². The molecule has 2 amide bonds. The van der Waals surface area contributed by atoms with Gasteiger partial charge in [0.05, 0.1) is 22.7 Å². The number of carbonyl (C=O) groups excluding carboxylic acids is 2. The molecular weight excluding hydrogens is 557 g/mol. The van der Waals surface area contributed by atoms with Gasteiger partial charge in [0, 0.05) is 17.6 Å². The number of amides is 2. The number of benzene rings is 3. The van der Waals surface area contributed by atoms with Gasteiger partial charge in [-0.1, -0.05) is 48.0 Å². The molecule has 3 aromatic rings. The zero-order valence-corrected chi connectivity index (χ0v) is 24.6. The molecule has 1 N–H and O–H groups in total. The van der Waals surface area contributed by atoms with Crippen molar-refractivity contribution in [1.82, 2.24) is 10.2 Å². The summed E-state index contributed by atoms with van der Waals surface area (Å²) < 4.78 is 48.3. The summed E-state index contributed by atoms with van der Waals surface area (Å²) in [4.78, 5) is 28.1. The Morgan fingerprint density at radius 1 is 1.02 bits per heavy atom. The summed E-state index contributed by atoms with van der Waals surface area (Å²) in [5.74, 6) is -1.42. The molecule has 0 radical (unpaired) electrons. The van der Waals surface area contributed by atoms with E-state index in [2.05, 4.69) is 5.32 Å². The lowest BCUT2D eigenvalue weighted by molar-refractivity contribution is -0.140. The van der Waals surface area contributed by atoms with Crippen molar-refractivity contribution in [1.29, 1.82) is 0 Å². The molecule has 0 saturated carbocycles. The fourth-order valence-electron chi connectivity index (χ4n) is 3.93. The fourth-order valence-corrected chi connectivity index (χ4v) is 5.60. The van der Waals surface area contributed by atoms with Crippen molar-refractivity contribution in [2.75, 3.05) is 18.0 Å². The van der Waals surface area contributed by atoms with Gasteiger partial charge in [-0.25, -0.2) is 12.8 Å². The van der Waals surface area contributed by atoms with E-state index in [4.69, 9.17) is 16.3 Å². The third kappa shape index (κ3) is 7.51. The number of sulfonamides is 1. The van der Waals surface area contributed by atoms with Gasteiger partial charge in [-0.05, 0) is 64.1 Å². The van der Waals surface area contributed by atoms with Gasteiger partial charge in [0.1, 0.15) is 24.2 Å². The fraction of sp³-hybridized carbons (Fsp3) is 0.310. The molecule has 214 valence electrons. The summed E-state index contributed by atoms with van der Waals surface area (Å²) >= 11 is 6.31. The van der Waals surface area contributed by atoms with Gasteiger partial charge in [-0.15, -0.1) is 0 Å². The molecule has 8 nitrogen and oxygen atoms in total. The molecule has 0 unspecified atom stereocenters. The summed E-state index contributed by atoms with van der Waals surface area (Å²) in [6.07, 6.45) is 0. The van der Waals surface area contributed by atoms with Crippen LogP contribution in [-0.4, -0.2) is 50.4 Å². The van der Waals surface area contributed by atoms with Gasteiger partial charge in [0.25, 0.3) is 10.0 Å². The second-order valence-corrected chi connectivity index (χ2v) is 12.4. The van der Waals surface area contributed by atoms with Crippen molar-refractivity contribution in [3.63, 3.8) is 0 Å². The number of nitrogens with zero attached hydrogens (tertiary/aromatic N) is 2. The smallest absolute Gasteiger partial charge is 0.264 e. The first-order valence-electron chi connectivity index (χ1n) is 12.5. The molecule has 0 fully saturated rings. The lowest BCUT2D eigenvalue weighted by Crippen LogP contribution is -2.54. The third-order valence-corrected chi connectivity index (χ3v) is 8.08. The number of nitrogens with one attached hydrogen (secondary N) is 1. The normalized spacial score (nSPS) is 12.4. The first-order valence-corrected chi connectivity index (χ1v) is 14.3. The first kappa shape index (κ1) is 30.9. The van der Waals surface area contributed by atoms with Crippen LogP contribution in [0.1, 0.15) is 33.3 Å². The number of carbonyl (C=O) groups is 2. The molecule has 0 aliphatic carbocycles. The average Bonchev–Trinajstić information content (AvgIpc) is 2.90. The van der Waals surface area contributed by atoms with E-state index in [9.17, 15) is 22.4 Å². The van der Waals surface area contributed by atoms with Crippen molar-refractivity contribution in [2.24, 2.45) is 0 Å². The molecule has 0 spiro atoms. The zero-order chi connectivity index (χ0) is 29.7. The lowest BCUT2D eigenvalue weighted by atomic mass is 10.1. The molecule has 0 aliphatic rings. The Balaban J connectivity index is 2.07. The van der Waals surface area contributed by atoms with Crippen molar-refractivity contribution in [2.45, 2.75) is 50.7 Å². The number of halogens is 2. The van der Waals surface area contributed by atoms with Gasteiger partial charge in [0.2, 0.25) is 11.8 Å². The van der Waals surface area contributed by atoms with E-state index in [-0.39, 0.29) is 27.7 Å². The summed E-state index contributed by atoms with van der Waals surface area (Å²) in [6, 6.07) is 16.8. The summed E-state index contributed by atoms with van der Waals surface area (Å²) in [5, 5.41) is 2.97. The van der Waals surface area contributed by atoms with E-state index in [0.717, 1.165) is 9.21 Å². The quantitative estimate of drug-likeness (QED) is 0.358. The zero-order valence-electron chi connectivity index (χ0n) is 23.0. The minimum atomic E-state index is -4.26. The highest BCUT2D eigenvalue weighted by atomic mass is 35.5. The van der Waals surface area contributed by atoms with E-state index >= 15 is 0 Å². The Bertz CT molecular complexity index is 1460. The van der Waals surface area contributed by atoms with E-state index < -0.39 is 45.8 Å². The van der Waals surface area contributed by atoms with Crippen LogP contribution in [0.15, 0.2) is 77.7 Å². The van der Waals surface area contributed by atoms with Crippen LogP contribution in [0, 0.1) is 5.82 Å². The largest absolute Gasteiger partial charge is 0.495 e. The molecule has 3 aromatic carbocycles. The number of ether oxygens (including phenoxy) is 1. The minimum absolute atomic E-state index is 0.0473. The highest BCUT2D eigenvalue weighted by molar-refractivity contribution is 7.92. The van der Waals surface area contributed by atoms with Crippen LogP contribution in [-0.2, 0) is 26.2 Å². The molecule has 0 bridgehead atoms. The first-order chi connectivity index (χ1) is 18.7. The molecule has 0 saturated heterocycles. The molecule has 0 aromatic heterocycles. The number of methoxy groups -OCH3 is 1. The highest BCUT2D eigenvalue weighted by Gasteiger charge is 2.34. The van der Waals surface area contributed by atoms with Crippen LogP contribution in [0.2, 0.25) is 5.02 Å². The number of hydrogen-bond acceptors (Lipinski definition) is 5. The van der Waals surface area contributed by atoms with E-state index in [1.54, 1.807) is 45.0 Å². The van der Waals surface area contributed by atoms with Gasteiger partial charge in [-0.3, -0.25) is 13.9 Å². The summed E-state index contributed by atoms with van der Waals surface area (Å²) in [6.45, 7) is 5.96. The molecular formula is C29H33ClFN3O5S. The topological polar surface area (TPSA) is 96.0 Å². The Labute approximate surface area is 239 Å². The highest BCUT2D eigenvalue weighted by Crippen LogP contribution is 2.32. The monoisotopic (exact) mass is 589 g/mol. The molecule has 40 heavy (non-hydrogen) atoms. The van der Waals surface area contributed by atoms with Crippen molar-refractivity contribution >= 4 is 39.1 Å². The Kier molecular flexibility index (Phi) is 9.81. The number of rotatable bonds is 10. The molecule has 11 heteroatoms. The predicted molar refractivity (Wildman–Crippen MR) is 153 cm³/mol. The second-order valence-electron chi connectivity index (χ2n) is 10.2. The van der Waals surface area contributed by atoms with E-state index in [0.29, 0.717) is 5.75 Å². The average molecular weight is 590 g/mol. The van der Waals surface area contributed by atoms with Gasteiger partial charge in [0.15, 0.2) is 0 Å². The van der Waals surface area contributed by atoms with Gasteiger partial charge >= 0.3 is 0 Å². The molecule has 0 aliphatic heterocycles. The van der Waals surface area contributed by atoms with Crippen LogP contribution >= 0.6 is 11.6 Å². The summed E-state index contributed by atoms with van der Waals surface area (Å²) in [5.41, 5.74) is -0.308. The Morgan fingerprint density at radius 3 is 2.23 bits per heavy atom. The standard InChI is InChI=1S/C29H33ClFN3O5S/c1-20(28(36)32-29(2,3)4)33(18-21-11-9-10-14-25(21)31)27(35)19-34(22-15-16-26(39-5)24(30)17-22)40(37,38)23-12-7-6-8-13-23/h6-17,20H,18-19H2,1-5H3,(H,32,36)/t20-/m0/s1. The molecule has 3 rings (SSSR count). The SMILES string of the molecule is COc1ccc(N(CC(=O)N(Cc2ccccc2F)[C@@H](C)C(=O)NC(C)(C)C)S(=O)(=O)c2ccccc2)cc1Cl. The van der Waals surface area contributed by atoms with Crippen molar-refractivity contribution in [3.8, 4) is 5.75 Å². The Morgan fingerprint density at radius 2 is 1.65 bits per heavy atom. The Hall–Kier alpha value is -3.63. The van der Waals surface area contributed by atoms with Gasteiger partial charge in [-0.2, -0.15) is 0 Å². The van der Waals surface area contributed by atoms with Crippen LogP contribution in [0.25, 0.3) is 0 Å². The van der Waals surface area contributed by atoms with Crippen LogP contribution < -0.4 is 14.4 Å². The van der Waals surface area contributed by atoms with Gasteiger partial charge < -0.3 is 15.0 Å². The predicted octanol–water partition coefficient (Wildman–Crippen LogP) is 5.02. The number of anilines is 1. The third-order valence-electron chi connectivity index (χ3n) is 6.00.